The number of nitrogens with one attached hydrogen (secondary N) is 1. The van der Waals surface area contributed by atoms with Gasteiger partial charge in [-0.15, -0.1) is 0 Å². The molecule has 120 valence electrons. The van der Waals surface area contributed by atoms with Gasteiger partial charge in [-0.3, -0.25) is 0 Å². The summed E-state index contributed by atoms with van der Waals surface area (Å²) >= 11 is 0. The molecule has 0 atom stereocenters. The van der Waals surface area contributed by atoms with Gasteiger partial charge in [0.15, 0.2) is 0 Å². The van der Waals surface area contributed by atoms with Gasteiger partial charge in [-0.05, 0) is 6.42 Å². The highest BCUT2D eigenvalue weighted by atomic mass is 16.5. The maximum atomic E-state index is 5.12. The van der Waals surface area contributed by atoms with Crippen molar-refractivity contribution in [2.75, 3.05) is 26.1 Å². The first kappa shape index (κ1) is 17.5. The van der Waals surface area contributed by atoms with E-state index in [2.05, 4.69) is 22.2 Å². The molecule has 0 saturated heterocycles. The Labute approximate surface area is 128 Å². The Balaban J connectivity index is 2.15. The van der Waals surface area contributed by atoms with Gasteiger partial charge >= 0.3 is 0 Å². The van der Waals surface area contributed by atoms with Gasteiger partial charge in [-0.2, -0.15) is 9.97 Å². The number of aromatic nitrogens is 2. The lowest BCUT2D eigenvalue weighted by Gasteiger charge is -2.08. The van der Waals surface area contributed by atoms with Gasteiger partial charge in [0.2, 0.25) is 17.7 Å². The van der Waals surface area contributed by atoms with Crippen molar-refractivity contribution in [2.45, 2.75) is 58.3 Å². The summed E-state index contributed by atoms with van der Waals surface area (Å²) in [7, 11) is 3.17. The molecule has 0 amide bonds. The molecular weight excluding hydrogens is 266 g/mol. The van der Waals surface area contributed by atoms with E-state index in [1.807, 2.05) is 0 Å². The van der Waals surface area contributed by atoms with Gasteiger partial charge in [-0.25, -0.2) is 0 Å². The third-order valence-electron chi connectivity index (χ3n) is 3.41. The molecule has 0 radical (unpaired) electrons. The maximum absolute atomic E-state index is 5.12. The Kier molecular flexibility index (Phi) is 9.33. The number of rotatable bonds is 12. The van der Waals surface area contributed by atoms with Gasteiger partial charge < -0.3 is 14.8 Å². The molecule has 1 rings (SSSR count). The summed E-state index contributed by atoms with van der Waals surface area (Å²) in [6.45, 7) is 3.13. The number of hydrogen-bond donors (Lipinski definition) is 1. The predicted molar refractivity (Wildman–Crippen MR) is 86.2 cm³/mol. The quantitative estimate of drug-likeness (QED) is 0.590. The van der Waals surface area contributed by atoms with E-state index < -0.39 is 0 Å². The largest absolute Gasteiger partial charge is 0.481 e. The minimum Gasteiger partial charge on any atom is -0.481 e. The summed E-state index contributed by atoms with van der Waals surface area (Å²) in [5.41, 5.74) is 0. The molecule has 21 heavy (non-hydrogen) atoms. The van der Waals surface area contributed by atoms with Crippen LogP contribution in [0.3, 0.4) is 0 Å². The Morgan fingerprint density at radius 2 is 1.38 bits per heavy atom. The van der Waals surface area contributed by atoms with Crippen LogP contribution in [0.2, 0.25) is 0 Å². The van der Waals surface area contributed by atoms with Crippen LogP contribution in [0.25, 0.3) is 0 Å². The molecule has 5 heteroatoms. The average molecular weight is 295 g/mol. The van der Waals surface area contributed by atoms with Gasteiger partial charge in [-0.1, -0.05) is 51.9 Å². The second-order valence-corrected chi connectivity index (χ2v) is 5.18. The highest BCUT2D eigenvalue weighted by Gasteiger charge is 2.04. The fourth-order valence-corrected chi connectivity index (χ4v) is 2.15. The van der Waals surface area contributed by atoms with Crippen molar-refractivity contribution in [2.24, 2.45) is 0 Å². The molecular formula is C16H29N3O2. The molecule has 0 aliphatic carbocycles. The summed E-state index contributed by atoms with van der Waals surface area (Å²) in [5, 5.41) is 3.22. The zero-order valence-corrected chi connectivity index (χ0v) is 13.7. The van der Waals surface area contributed by atoms with E-state index in [-0.39, 0.29) is 0 Å². The van der Waals surface area contributed by atoms with Gasteiger partial charge in [0.25, 0.3) is 0 Å². The first-order valence-corrected chi connectivity index (χ1v) is 8.01. The minimum absolute atomic E-state index is 0.514. The number of methoxy groups -OCH3 is 2. The van der Waals surface area contributed by atoms with Crippen molar-refractivity contribution in [3.8, 4) is 11.8 Å². The number of unbranched alkanes of at least 4 members (excludes halogenated alkanes) is 7. The van der Waals surface area contributed by atoms with Crippen molar-refractivity contribution >= 4 is 5.95 Å². The van der Waals surface area contributed by atoms with Crippen LogP contribution in [-0.2, 0) is 0 Å². The van der Waals surface area contributed by atoms with Crippen LogP contribution in [0.1, 0.15) is 58.3 Å². The highest BCUT2D eigenvalue weighted by molar-refractivity contribution is 5.33. The SMILES string of the molecule is CCCCCCCCCCNc1nc(OC)cc(OC)n1. The van der Waals surface area contributed by atoms with E-state index in [4.69, 9.17) is 9.47 Å². The molecule has 0 bridgehead atoms. The number of hydrogen-bond acceptors (Lipinski definition) is 5. The van der Waals surface area contributed by atoms with Crippen molar-refractivity contribution in [3.63, 3.8) is 0 Å². The average Bonchev–Trinajstić information content (AvgIpc) is 2.52. The lowest BCUT2D eigenvalue weighted by molar-refractivity contribution is 0.373. The van der Waals surface area contributed by atoms with Gasteiger partial charge in [0, 0.05) is 6.54 Å². The highest BCUT2D eigenvalue weighted by Crippen LogP contribution is 2.17. The molecule has 1 aromatic heterocycles. The smallest absolute Gasteiger partial charge is 0.229 e. The van der Waals surface area contributed by atoms with Crippen LogP contribution in [0.15, 0.2) is 6.07 Å². The van der Waals surface area contributed by atoms with Crippen LogP contribution < -0.4 is 14.8 Å². The number of ether oxygens (including phenoxy) is 2. The predicted octanol–water partition coefficient (Wildman–Crippen LogP) is 4.05. The Morgan fingerprint density at radius 3 is 1.90 bits per heavy atom. The summed E-state index contributed by atoms with van der Waals surface area (Å²) in [4.78, 5) is 8.49. The standard InChI is InChI=1S/C16H29N3O2/c1-4-5-6-7-8-9-10-11-12-17-16-18-14(20-2)13-15(19-16)21-3/h13H,4-12H2,1-3H3,(H,17,18,19). The fourth-order valence-electron chi connectivity index (χ4n) is 2.15. The molecule has 0 spiro atoms. The fraction of sp³-hybridized carbons (Fsp3) is 0.750. The van der Waals surface area contributed by atoms with E-state index in [9.17, 15) is 0 Å². The molecule has 0 aliphatic rings. The number of nitrogens with zero attached hydrogens (tertiary/aromatic N) is 2. The van der Waals surface area contributed by atoms with Crippen LogP contribution in [0, 0.1) is 0 Å². The lowest BCUT2D eigenvalue weighted by Crippen LogP contribution is -2.07. The van der Waals surface area contributed by atoms with Crippen molar-refractivity contribution in [1.29, 1.82) is 0 Å². The molecule has 0 unspecified atom stereocenters. The first-order chi connectivity index (χ1) is 10.3. The van der Waals surface area contributed by atoms with E-state index in [1.165, 1.54) is 44.9 Å². The monoisotopic (exact) mass is 295 g/mol. The maximum Gasteiger partial charge on any atom is 0.229 e. The van der Waals surface area contributed by atoms with E-state index in [0.717, 1.165) is 13.0 Å². The van der Waals surface area contributed by atoms with E-state index >= 15 is 0 Å². The molecule has 0 aliphatic heterocycles. The number of anilines is 1. The molecule has 1 N–H and O–H groups in total. The molecule has 0 aromatic carbocycles. The Hall–Kier alpha value is -1.52. The minimum atomic E-state index is 0.514. The van der Waals surface area contributed by atoms with Crippen molar-refractivity contribution in [3.05, 3.63) is 6.07 Å². The second-order valence-electron chi connectivity index (χ2n) is 5.18. The molecule has 1 heterocycles. The van der Waals surface area contributed by atoms with Gasteiger partial charge in [0.05, 0.1) is 20.3 Å². The van der Waals surface area contributed by atoms with Crippen molar-refractivity contribution in [1.82, 2.24) is 9.97 Å². The molecule has 0 saturated carbocycles. The summed E-state index contributed by atoms with van der Waals surface area (Å²) in [5.74, 6) is 1.59. The van der Waals surface area contributed by atoms with E-state index in [0.29, 0.717) is 17.7 Å². The Morgan fingerprint density at radius 1 is 0.857 bits per heavy atom. The molecule has 1 aromatic rings. The zero-order valence-electron chi connectivity index (χ0n) is 13.7. The third kappa shape index (κ3) is 7.73. The van der Waals surface area contributed by atoms with Crippen LogP contribution in [-0.4, -0.2) is 30.7 Å². The molecule has 5 nitrogen and oxygen atoms in total. The van der Waals surface area contributed by atoms with Crippen LogP contribution in [0.5, 0.6) is 11.8 Å². The van der Waals surface area contributed by atoms with Gasteiger partial charge in [0.1, 0.15) is 0 Å². The zero-order chi connectivity index (χ0) is 15.3. The summed E-state index contributed by atoms with van der Waals surface area (Å²) in [6.07, 6.45) is 10.5. The second kappa shape index (κ2) is 11.2. The van der Waals surface area contributed by atoms with E-state index in [1.54, 1.807) is 20.3 Å². The van der Waals surface area contributed by atoms with Crippen LogP contribution >= 0.6 is 0 Å². The summed E-state index contributed by atoms with van der Waals surface area (Å²) in [6, 6.07) is 1.67. The van der Waals surface area contributed by atoms with Crippen molar-refractivity contribution < 1.29 is 9.47 Å². The lowest BCUT2D eigenvalue weighted by atomic mass is 10.1. The third-order valence-corrected chi connectivity index (χ3v) is 3.41. The van der Waals surface area contributed by atoms with Crippen LogP contribution in [0.4, 0.5) is 5.95 Å². The Bertz CT molecular complexity index is 364. The topological polar surface area (TPSA) is 56.3 Å². The normalized spacial score (nSPS) is 10.4. The first-order valence-electron chi connectivity index (χ1n) is 8.01. The molecule has 0 fully saturated rings. The summed E-state index contributed by atoms with van der Waals surface area (Å²) < 4.78 is 10.2.